The molecule has 37 heavy (non-hydrogen) atoms. The van der Waals surface area contributed by atoms with Crippen LogP contribution in [0.15, 0.2) is 60.7 Å². The first-order chi connectivity index (χ1) is 16.9. The molecule has 0 saturated carbocycles. The predicted molar refractivity (Wildman–Crippen MR) is 133 cm³/mol. The fraction of sp³-hybridized carbons (Fsp3) is 0.217. The summed E-state index contributed by atoms with van der Waals surface area (Å²) in [5.41, 5.74) is -1.07. The highest BCUT2D eigenvalue weighted by Crippen LogP contribution is 2.43. The van der Waals surface area contributed by atoms with Gasteiger partial charge in [-0.1, -0.05) is 39.1 Å². The van der Waals surface area contributed by atoms with Crippen LogP contribution in [0.4, 0.5) is 0 Å². The molecule has 0 atom stereocenters. The third-order valence-electron chi connectivity index (χ3n) is 5.40. The van der Waals surface area contributed by atoms with Gasteiger partial charge < -0.3 is 39.3 Å². The highest BCUT2D eigenvalue weighted by atomic mass is 31.2. The van der Waals surface area contributed by atoms with Gasteiger partial charge in [-0.15, -0.1) is 0 Å². The van der Waals surface area contributed by atoms with E-state index in [1.54, 1.807) is 13.8 Å². The summed E-state index contributed by atoms with van der Waals surface area (Å²) in [6.45, 7) is 8.84. The maximum Gasteiger partial charge on any atom is 0.359 e. The monoisotopic (exact) mass is 556 g/mol. The number of carboxylic acids is 2. The zero-order chi connectivity index (χ0) is 28.3. The zero-order valence-corrected chi connectivity index (χ0v) is 21.6. The van der Waals surface area contributed by atoms with Crippen molar-refractivity contribution in [3.63, 3.8) is 0 Å². The SMILES string of the molecule is C=C(COc1ccc(C(C)(C)c2ccc(OCC(=C)C(=O)O)c(P(=O)(O)O)c2)cc1P(=O)(O)O)C(=O)O. The highest BCUT2D eigenvalue weighted by Gasteiger charge is 2.32. The fourth-order valence-electron chi connectivity index (χ4n) is 3.13. The van der Waals surface area contributed by atoms with Gasteiger partial charge in [0.2, 0.25) is 0 Å². The Balaban J connectivity index is 2.54. The molecule has 0 saturated heterocycles. The van der Waals surface area contributed by atoms with Gasteiger partial charge in [0.25, 0.3) is 0 Å². The molecule has 2 rings (SSSR count). The number of rotatable bonds is 12. The number of hydrogen-bond acceptors (Lipinski definition) is 6. The van der Waals surface area contributed by atoms with Gasteiger partial charge >= 0.3 is 27.1 Å². The highest BCUT2D eigenvalue weighted by molar-refractivity contribution is 7.60. The van der Waals surface area contributed by atoms with Gasteiger partial charge in [-0.05, 0) is 35.4 Å². The maximum absolute atomic E-state index is 12.2. The molecule has 2 aromatic carbocycles. The van der Waals surface area contributed by atoms with Crippen LogP contribution in [0, 0.1) is 0 Å². The largest absolute Gasteiger partial charge is 0.488 e. The third kappa shape index (κ3) is 7.39. The molecule has 0 amide bonds. The minimum Gasteiger partial charge on any atom is -0.488 e. The van der Waals surface area contributed by atoms with E-state index in [1.807, 2.05) is 0 Å². The summed E-state index contributed by atoms with van der Waals surface area (Å²) in [6.07, 6.45) is 0. The molecule has 0 bridgehead atoms. The van der Waals surface area contributed by atoms with E-state index in [1.165, 1.54) is 24.3 Å². The van der Waals surface area contributed by atoms with Crippen molar-refractivity contribution < 1.29 is 58.0 Å². The summed E-state index contributed by atoms with van der Waals surface area (Å²) in [5.74, 6) is -3.19. The molecule has 0 radical (unpaired) electrons. The number of hydrogen-bond donors (Lipinski definition) is 6. The standard InChI is InChI=1S/C23H26O12P2/c1-13(21(24)25)11-34-17-7-5-15(9-19(17)36(28,29)30)23(3,4)16-6-8-18(20(10-16)37(31,32)33)35-12-14(2)22(26)27/h5-10H,1-2,11-12H2,3-4H3,(H,24,25)(H,26,27)(H2,28,29,30)(H2,31,32,33). The number of ether oxygens (including phenoxy) is 2. The number of carboxylic acid groups (broad SMARTS) is 2. The lowest BCUT2D eigenvalue weighted by Crippen LogP contribution is -2.24. The molecule has 0 aliphatic heterocycles. The molecule has 14 heteroatoms. The van der Waals surface area contributed by atoms with Crippen molar-refractivity contribution in [3.8, 4) is 11.5 Å². The number of aliphatic carboxylic acids is 2. The van der Waals surface area contributed by atoms with Crippen molar-refractivity contribution in [2.75, 3.05) is 13.2 Å². The summed E-state index contributed by atoms with van der Waals surface area (Å²) in [6, 6.07) is 7.77. The molecule has 0 spiro atoms. The Morgan fingerprint density at radius 2 is 1.08 bits per heavy atom. The van der Waals surface area contributed by atoms with Gasteiger partial charge in [-0.25, -0.2) is 9.59 Å². The van der Waals surface area contributed by atoms with E-state index in [0.29, 0.717) is 11.1 Å². The molecule has 200 valence electrons. The Morgan fingerprint density at radius 1 is 0.757 bits per heavy atom. The van der Waals surface area contributed by atoms with Gasteiger partial charge in [-0.2, -0.15) is 0 Å². The van der Waals surface area contributed by atoms with Crippen LogP contribution in [0.3, 0.4) is 0 Å². The first-order valence-corrected chi connectivity index (χ1v) is 13.6. The minimum atomic E-state index is -4.90. The smallest absolute Gasteiger partial charge is 0.359 e. The normalized spacial score (nSPS) is 12.1. The van der Waals surface area contributed by atoms with E-state index in [9.17, 15) is 38.3 Å². The lowest BCUT2D eigenvalue weighted by atomic mass is 9.78. The van der Waals surface area contributed by atoms with Crippen molar-refractivity contribution in [2.24, 2.45) is 0 Å². The average molecular weight is 556 g/mol. The lowest BCUT2D eigenvalue weighted by Gasteiger charge is -2.28. The van der Waals surface area contributed by atoms with Gasteiger partial charge in [-0.3, -0.25) is 9.13 Å². The summed E-state index contributed by atoms with van der Waals surface area (Å²) in [5, 5.41) is 16.8. The molecule has 0 heterocycles. The lowest BCUT2D eigenvalue weighted by molar-refractivity contribution is -0.134. The summed E-state index contributed by atoms with van der Waals surface area (Å²) in [7, 11) is -9.80. The second-order valence-corrected chi connectivity index (χ2v) is 11.6. The second-order valence-electron chi connectivity index (χ2n) is 8.47. The molecule has 0 aliphatic carbocycles. The summed E-state index contributed by atoms with van der Waals surface area (Å²) >= 11 is 0. The molecule has 0 aliphatic rings. The molecule has 12 nitrogen and oxygen atoms in total. The van der Waals surface area contributed by atoms with E-state index in [2.05, 4.69) is 13.2 Å². The molecular formula is C23H26O12P2. The first kappa shape index (κ1) is 30.0. The van der Waals surface area contributed by atoms with Crippen molar-refractivity contribution in [1.82, 2.24) is 0 Å². The van der Waals surface area contributed by atoms with E-state index in [-0.39, 0.29) is 22.6 Å². The Kier molecular flexibility index (Phi) is 8.93. The maximum atomic E-state index is 12.2. The molecule has 2 aromatic rings. The van der Waals surface area contributed by atoms with E-state index < -0.39 is 56.4 Å². The fourth-order valence-corrected chi connectivity index (χ4v) is 4.60. The number of benzene rings is 2. The average Bonchev–Trinajstić information content (AvgIpc) is 2.79. The summed E-state index contributed by atoms with van der Waals surface area (Å²) in [4.78, 5) is 61.3. The molecule has 0 fully saturated rings. The molecule has 0 aromatic heterocycles. The first-order valence-electron chi connectivity index (χ1n) is 10.3. The predicted octanol–water partition coefficient (Wildman–Crippen LogP) is 1.66. The third-order valence-corrected chi connectivity index (χ3v) is 7.35. The van der Waals surface area contributed by atoms with Crippen LogP contribution in [-0.4, -0.2) is 54.9 Å². The van der Waals surface area contributed by atoms with E-state index >= 15 is 0 Å². The Morgan fingerprint density at radius 3 is 1.35 bits per heavy atom. The molecule has 0 unspecified atom stereocenters. The van der Waals surface area contributed by atoms with Gasteiger partial charge in [0.1, 0.15) is 35.3 Å². The van der Waals surface area contributed by atoms with Gasteiger partial charge in [0.05, 0.1) is 11.1 Å². The second kappa shape index (κ2) is 11.0. The molecular weight excluding hydrogens is 530 g/mol. The van der Waals surface area contributed by atoms with Crippen molar-refractivity contribution >= 4 is 37.7 Å². The number of carbonyl (C=O) groups is 2. The van der Waals surface area contributed by atoms with Crippen molar-refractivity contribution in [1.29, 1.82) is 0 Å². The Bertz CT molecular complexity index is 1250. The topological polar surface area (TPSA) is 208 Å². The van der Waals surface area contributed by atoms with Crippen molar-refractivity contribution in [3.05, 3.63) is 71.8 Å². The quantitative estimate of drug-likeness (QED) is 0.163. The van der Waals surface area contributed by atoms with Crippen LogP contribution >= 0.6 is 15.2 Å². The van der Waals surface area contributed by atoms with Crippen LogP contribution < -0.4 is 20.1 Å². The Labute approximate surface area is 211 Å². The van der Waals surface area contributed by atoms with Crippen LogP contribution in [-0.2, 0) is 24.1 Å². The van der Waals surface area contributed by atoms with Crippen LogP contribution in [0.1, 0.15) is 25.0 Å². The zero-order valence-electron chi connectivity index (χ0n) is 19.8. The van der Waals surface area contributed by atoms with Crippen LogP contribution in [0.5, 0.6) is 11.5 Å². The van der Waals surface area contributed by atoms with E-state index in [4.69, 9.17) is 19.7 Å². The molecule has 6 N–H and O–H groups in total. The van der Waals surface area contributed by atoms with E-state index in [0.717, 1.165) is 12.1 Å². The van der Waals surface area contributed by atoms with Gasteiger partial charge in [0, 0.05) is 5.41 Å². The van der Waals surface area contributed by atoms with Crippen LogP contribution in [0.2, 0.25) is 0 Å². The minimum absolute atomic E-state index is 0.256. The summed E-state index contributed by atoms with van der Waals surface area (Å²) < 4.78 is 34.8. The van der Waals surface area contributed by atoms with Crippen molar-refractivity contribution in [2.45, 2.75) is 19.3 Å². The Hall–Kier alpha value is -3.24. The van der Waals surface area contributed by atoms with Gasteiger partial charge in [0.15, 0.2) is 0 Å². The van der Waals surface area contributed by atoms with Crippen LogP contribution in [0.25, 0.3) is 0 Å².